The number of benzene rings is 1. The van der Waals surface area contributed by atoms with E-state index < -0.39 is 16.6 Å². The Bertz CT molecular complexity index is 526. The van der Waals surface area contributed by atoms with Gasteiger partial charge in [-0.1, -0.05) is 11.6 Å². The van der Waals surface area contributed by atoms with E-state index in [9.17, 15) is 17.2 Å². The number of anilines is 1. The molecule has 9 heteroatoms. The molecule has 0 heterocycles. The molecule has 0 atom stereocenters. The zero-order valence-electron chi connectivity index (χ0n) is 9.58. The maximum atomic E-state index is 12.0. The first-order chi connectivity index (χ1) is 8.84. The molecular weight excluding hydrogens is 323 g/mol. The molecule has 0 aromatic heterocycles. The lowest BCUT2D eigenvalue weighted by molar-refractivity contribution is -0.0497. The summed E-state index contributed by atoms with van der Waals surface area (Å²) in [5.41, 5.74) is 0.168. The standard InChI is InChI=1S/C10H11Cl2F2NO3S/c11-4-1-5-19(16,17)15-7-2-3-9(8(12)6-7)18-10(13)14/h2-3,6,10,15H,1,4-5H2. The van der Waals surface area contributed by atoms with Crippen LogP contribution in [0.25, 0.3) is 0 Å². The highest BCUT2D eigenvalue weighted by atomic mass is 35.5. The average molecular weight is 334 g/mol. The van der Waals surface area contributed by atoms with Crippen molar-refractivity contribution in [2.45, 2.75) is 13.0 Å². The molecule has 0 unspecified atom stereocenters. The Kier molecular flexibility index (Phi) is 6.09. The first-order valence-electron chi connectivity index (χ1n) is 5.15. The summed E-state index contributed by atoms with van der Waals surface area (Å²) in [6.07, 6.45) is 0.303. The Labute approximate surface area is 119 Å². The summed E-state index contributed by atoms with van der Waals surface area (Å²) in [4.78, 5) is 0. The van der Waals surface area contributed by atoms with Gasteiger partial charge in [0.2, 0.25) is 10.0 Å². The minimum Gasteiger partial charge on any atom is -0.433 e. The molecule has 108 valence electrons. The van der Waals surface area contributed by atoms with Crippen molar-refractivity contribution in [1.82, 2.24) is 0 Å². The maximum Gasteiger partial charge on any atom is 0.387 e. The van der Waals surface area contributed by atoms with Gasteiger partial charge < -0.3 is 4.74 Å². The van der Waals surface area contributed by atoms with Crippen molar-refractivity contribution in [2.75, 3.05) is 16.4 Å². The average Bonchev–Trinajstić information content (AvgIpc) is 2.29. The quantitative estimate of drug-likeness (QED) is 0.779. The van der Waals surface area contributed by atoms with Gasteiger partial charge in [0.1, 0.15) is 5.75 Å². The van der Waals surface area contributed by atoms with Gasteiger partial charge in [-0.2, -0.15) is 8.78 Å². The van der Waals surface area contributed by atoms with Crippen LogP contribution in [0.15, 0.2) is 18.2 Å². The summed E-state index contributed by atoms with van der Waals surface area (Å²) in [5, 5.41) is -0.113. The van der Waals surface area contributed by atoms with Crippen LogP contribution in [0, 0.1) is 0 Å². The van der Waals surface area contributed by atoms with E-state index in [2.05, 4.69) is 9.46 Å². The predicted octanol–water partition coefficient (Wildman–Crippen LogP) is 3.31. The van der Waals surface area contributed by atoms with Crippen LogP contribution in [-0.2, 0) is 10.0 Å². The summed E-state index contributed by atoms with van der Waals surface area (Å²) in [7, 11) is -3.53. The third-order valence-electron chi connectivity index (χ3n) is 1.97. The number of halogens is 4. The summed E-state index contributed by atoms with van der Waals surface area (Å²) >= 11 is 11.1. The van der Waals surface area contributed by atoms with Crippen LogP contribution in [-0.4, -0.2) is 26.7 Å². The zero-order valence-corrected chi connectivity index (χ0v) is 11.9. The highest BCUT2D eigenvalue weighted by molar-refractivity contribution is 7.92. The van der Waals surface area contributed by atoms with E-state index in [0.717, 1.165) is 6.07 Å². The van der Waals surface area contributed by atoms with Gasteiger partial charge in [0.25, 0.3) is 0 Å². The molecule has 0 aliphatic heterocycles. The molecule has 0 saturated carbocycles. The van der Waals surface area contributed by atoms with Gasteiger partial charge in [-0.15, -0.1) is 11.6 Å². The molecule has 0 aliphatic carbocycles. The fourth-order valence-corrected chi connectivity index (χ4v) is 2.86. The van der Waals surface area contributed by atoms with Crippen LogP contribution in [0.4, 0.5) is 14.5 Å². The third-order valence-corrected chi connectivity index (χ3v) is 3.90. The zero-order chi connectivity index (χ0) is 14.5. The number of nitrogens with one attached hydrogen (secondary N) is 1. The number of rotatable bonds is 7. The lowest BCUT2D eigenvalue weighted by atomic mass is 10.3. The summed E-state index contributed by atoms with van der Waals surface area (Å²) in [5.74, 6) is -0.132. The van der Waals surface area contributed by atoms with E-state index >= 15 is 0 Å². The van der Waals surface area contributed by atoms with E-state index in [0.29, 0.717) is 6.42 Å². The van der Waals surface area contributed by atoms with Crippen molar-refractivity contribution in [3.05, 3.63) is 23.2 Å². The van der Waals surface area contributed by atoms with Crippen molar-refractivity contribution >= 4 is 38.9 Å². The van der Waals surface area contributed by atoms with Crippen molar-refractivity contribution < 1.29 is 21.9 Å². The molecule has 0 radical (unpaired) electrons. The Balaban J connectivity index is 2.78. The van der Waals surface area contributed by atoms with Crippen molar-refractivity contribution in [2.24, 2.45) is 0 Å². The fraction of sp³-hybridized carbons (Fsp3) is 0.400. The monoisotopic (exact) mass is 333 g/mol. The predicted molar refractivity (Wildman–Crippen MR) is 70.8 cm³/mol. The molecule has 0 fully saturated rings. The summed E-state index contributed by atoms with van der Waals surface area (Å²) < 4.78 is 53.5. The molecule has 0 bridgehead atoms. The Hall–Kier alpha value is -0.790. The Morgan fingerprint density at radius 3 is 2.58 bits per heavy atom. The van der Waals surface area contributed by atoms with Crippen LogP contribution < -0.4 is 9.46 Å². The lowest BCUT2D eigenvalue weighted by Gasteiger charge is -2.10. The van der Waals surface area contributed by atoms with Gasteiger partial charge in [-0.3, -0.25) is 4.72 Å². The Morgan fingerprint density at radius 2 is 2.05 bits per heavy atom. The highest BCUT2D eigenvalue weighted by Gasteiger charge is 2.13. The molecule has 1 N–H and O–H groups in total. The Morgan fingerprint density at radius 1 is 1.37 bits per heavy atom. The third kappa shape index (κ3) is 5.80. The second-order valence-electron chi connectivity index (χ2n) is 3.49. The SMILES string of the molecule is O=S(=O)(CCCCl)Nc1ccc(OC(F)F)c(Cl)c1. The van der Waals surface area contributed by atoms with E-state index in [1.807, 2.05) is 0 Å². The van der Waals surface area contributed by atoms with E-state index in [1.54, 1.807) is 0 Å². The molecule has 4 nitrogen and oxygen atoms in total. The molecule has 19 heavy (non-hydrogen) atoms. The van der Waals surface area contributed by atoms with E-state index in [4.69, 9.17) is 23.2 Å². The van der Waals surface area contributed by atoms with Crippen LogP contribution >= 0.6 is 23.2 Å². The number of ether oxygens (including phenoxy) is 1. The number of hydrogen-bond acceptors (Lipinski definition) is 3. The minimum atomic E-state index is -3.53. The van der Waals surface area contributed by atoms with E-state index in [1.165, 1.54) is 12.1 Å². The van der Waals surface area contributed by atoms with Gasteiger partial charge >= 0.3 is 6.61 Å². The number of sulfonamides is 1. The van der Waals surface area contributed by atoms with Crippen LogP contribution in [0.1, 0.15) is 6.42 Å². The van der Waals surface area contributed by atoms with Gasteiger partial charge in [0, 0.05) is 5.88 Å². The van der Waals surface area contributed by atoms with Gasteiger partial charge in [-0.05, 0) is 24.6 Å². The minimum absolute atomic E-state index is 0.113. The van der Waals surface area contributed by atoms with Crippen LogP contribution in [0.2, 0.25) is 5.02 Å². The van der Waals surface area contributed by atoms with Crippen molar-refractivity contribution in [1.29, 1.82) is 0 Å². The van der Waals surface area contributed by atoms with Crippen molar-refractivity contribution in [3.8, 4) is 5.75 Å². The molecule has 0 saturated heterocycles. The first kappa shape index (κ1) is 16.3. The number of alkyl halides is 3. The smallest absolute Gasteiger partial charge is 0.387 e. The van der Waals surface area contributed by atoms with Gasteiger partial charge in [-0.25, -0.2) is 8.42 Å². The molecule has 0 spiro atoms. The molecule has 1 rings (SSSR count). The van der Waals surface area contributed by atoms with Crippen LogP contribution in [0.5, 0.6) is 5.75 Å². The highest BCUT2D eigenvalue weighted by Crippen LogP contribution is 2.29. The van der Waals surface area contributed by atoms with E-state index in [-0.39, 0.29) is 28.1 Å². The molecule has 0 aliphatic rings. The normalized spacial score (nSPS) is 11.6. The number of hydrogen-bond donors (Lipinski definition) is 1. The summed E-state index contributed by atoms with van der Waals surface area (Å²) in [6.45, 7) is -3.00. The molecule has 0 amide bonds. The second-order valence-corrected chi connectivity index (χ2v) is 6.11. The van der Waals surface area contributed by atoms with Gasteiger partial charge in [0.15, 0.2) is 0 Å². The first-order valence-corrected chi connectivity index (χ1v) is 7.71. The largest absolute Gasteiger partial charge is 0.433 e. The van der Waals surface area contributed by atoms with Crippen LogP contribution in [0.3, 0.4) is 0 Å². The second kappa shape index (κ2) is 7.12. The molecule has 1 aromatic carbocycles. The molecular formula is C10H11Cl2F2NO3S. The summed E-state index contributed by atoms with van der Waals surface area (Å²) in [6, 6.07) is 3.63. The topological polar surface area (TPSA) is 55.4 Å². The fourth-order valence-electron chi connectivity index (χ4n) is 1.23. The lowest BCUT2D eigenvalue weighted by Crippen LogP contribution is -2.17. The molecule has 1 aromatic rings. The van der Waals surface area contributed by atoms with Gasteiger partial charge in [0.05, 0.1) is 16.5 Å². The maximum absolute atomic E-state index is 12.0. The van der Waals surface area contributed by atoms with Crippen molar-refractivity contribution in [3.63, 3.8) is 0 Å².